The fourth-order valence-electron chi connectivity index (χ4n) is 4.54. The number of phenolic OH excluding ortho intramolecular Hbond substituents is 4. The molecule has 4 rings (SSSR count). The summed E-state index contributed by atoms with van der Waals surface area (Å²) in [6.45, 7) is 0.763. The number of hydrogen-bond donors (Lipinski definition) is 9. The Labute approximate surface area is 256 Å². The van der Waals surface area contributed by atoms with Gasteiger partial charge in [-0.15, -0.1) is 0 Å². The molecule has 16 nitrogen and oxygen atoms in total. The standard InChI is InChI=1S/C29H36O16/c1-13-22(35)24(37)25(38)29(42-13)45-44-27-23(36)20(12-41-21(34)7-4-14-2-5-16(30)18(32)10-14)43-28(26(27)39)40-9-8-15-3-6-17(31)19(33)11-15/h2-7,10-11,13,20,22-33,35-39H,8-9,12H2,1H3/b7-4+/t13-,20+,22-,23+,24+,25+,26+,27-,28+,29-/m0/s1. The number of aliphatic hydroxyl groups is 5. The van der Waals surface area contributed by atoms with Crippen LogP contribution in [0.2, 0.25) is 0 Å². The summed E-state index contributed by atoms with van der Waals surface area (Å²) in [6.07, 6.45) is -12.7. The van der Waals surface area contributed by atoms with E-state index in [9.17, 15) is 50.8 Å². The maximum atomic E-state index is 12.4. The fraction of sp³-hybridized carbons (Fsp3) is 0.483. The number of hydrogen-bond acceptors (Lipinski definition) is 16. The Morgan fingerprint density at radius 3 is 2.16 bits per heavy atom. The zero-order valence-corrected chi connectivity index (χ0v) is 23.9. The second-order valence-corrected chi connectivity index (χ2v) is 10.5. The van der Waals surface area contributed by atoms with Gasteiger partial charge in [0.05, 0.1) is 12.7 Å². The number of aromatic hydroxyl groups is 4. The number of esters is 1. The van der Waals surface area contributed by atoms with Gasteiger partial charge in [-0.3, -0.25) is 0 Å². The fourth-order valence-corrected chi connectivity index (χ4v) is 4.54. The van der Waals surface area contributed by atoms with Crippen molar-refractivity contribution in [1.82, 2.24) is 0 Å². The van der Waals surface area contributed by atoms with Crippen LogP contribution in [0, 0.1) is 0 Å². The largest absolute Gasteiger partial charge is 0.504 e. The second-order valence-electron chi connectivity index (χ2n) is 10.5. The molecule has 0 unspecified atom stereocenters. The monoisotopic (exact) mass is 640 g/mol. The molecule has 2 aromatic carbocycles. The lowest BCUT2D eigenvalue weighted by atomic mass is 9.99. The third kappa shape index (κ3) is 8.59. The Bertz CT molecular complexity index is 1320. The molecule has 16 heteroatoms. The van der Waals surface area contributed by atoms with E-state index in [2.05, 4.69) is 0 Å². The molecule has 2 saturated heterocycles. The molecular weight excluding hydrogens is 604 g/mol. The highest BCUT2D eigenvalue weighted by atomic mass is 17.2. The Morgan fingerprint density at radius 1 is 0.778 bits per heavy atom. The van der Waals surface area contributed by atoms with Crippen LogP contribution in [0.25, 0.3) is 6.08 Å². The molecule has 0 bridgehead atoms. The van der Waals surface area contributed by atoms with Crippen LogP contribution in [0.1, 0.15) is 18.1 Å². The summed E-state index contributed by atoms with van der Waals surface area (Å²) in [7, 11) is 0. The first-order chi connectivity index (χ1) is 21.3. The zero-order valence-electron chi connectivity index (χ0n) is 23.9. The van der Waals surface area contributed by atoms with Gasteiger partial charge in [0.2, 0.25) is 6.29 Å². The molecule has 45 heavy (non-hydrogen) atoms. The average molecular weight is 641 g/mol. The van der Waals surface area contributed by atoms with Crippen molar-refractivity contribution in [2.45, 2.75) is 74.8 Å². The Hall–Kier alpha value is -3.55. The minimum Gasteiger partial charge on any atom is -0.504 e. The predicted molar refractivity (Wildman–Crippen MR) is 148 cm³/mol. The zero-order chi connectivity index (χ0) is 32.8. The van der Waals surface area contributed by atoms with E-state index in [1.54, 1.807) is 0 Å². The molecule has 2 aromatic rings. The van der Waals surface area contributed by atoms with Crippen LogP contribution in [0.3, 0.4) is 0 Å². The summed E-state index contributed by atoms with van der Waals surface area (Å²) in [6, 6.07) is 8.02. The van der Waals surface area contributed by atoms with Gasteiger partial charge in [-0.2, -0.15) is 0 Å². The molecule has 10 atom stereocenters. The molecule has 0 spiro atoms. The molecule has 2 heterocycles. The van der Waals surface area contributed by atoms with Gasteiger partial charge in [0.1, 0.15) is 43.2 Å². The first-order valence-corrected chi connectivity index (χ1v) is 13.9. The number of carbonyl (C=O) groups excluding carboxylic acids is 1. The first-order valence-electron chi connectivity index (χ1n) is 13.9. The van der Waals surface area contributed by atoms with Gasteiger partial charge in [0, 0.05) is 6.08 Å². The lowest BCUT2D eigenvalue weighted by molar-refractivity contribution is -0.464. The van der Waals surface area contributed by atoms with Crippen molar-refractivity contribution in [3.05, 3.63) is 53.6 Å². The quantitative estimate of drug-likeness (QED) is 0.0465. The smallest absolute Gasteiger partial charge is 0.330 e. The summed E-state index contributed by atoms with van der Waals surface area (Å²) in [5.74, 6) is -2.25. The van der Waals surface area contributed by atoms with Crippen LogP contribution in [-0.4, -0.2) is 127 Å². The van der Waals surface area contributed by atoms with Gasteiger partial charge in [-0.05, 0) is 54.8 Å². The van der Waals surface area contributed by atoms with Gasteiger partial charge in [-0.25, -0.2) is 14.6 Å². The molecule has 0 amide bonds. The van der Waals surface area contributed by atoms with Crippen molar-refractivity contribution in [2.75, 3.05) is 13.2 Å². The molecule has 0 saturated carbocycles. The summed E-state index contributed by atoms with van der Waals surface area (Å²) in [5, 5.41) is 90.3. The number of phenols is 4. The van der Waals surface area contributed by atoms with E-state index in [0.29, 0.717) is 11.1 Å². The lowest BCUT2D eigenvalue weighted by Crippen LogP contribution is -2.62. The van der Waals surface area contributed by atoms with Crippen LogP contribution in [0.5, 0.6) is 23.0 Å². The molecule has 2 fully saturated rings. The van der Waals surface area contributed by atoms with Gasteiger partial charge < -0.3 is 64.9 Å². The number of aliphatic hydroxyl groups excluding tert-OH is 5. The maximum Gasteiger partial charge on any atom is 0.330 e. The van der Waals surface area contributed by atoms with E-state index in [1.807, 2.05) is 0 Å². The first kappa shape index (κ1) is 34.3. The van der Waals surface area contributed by atoms with Crippen molar-refractivity contribution in [1.29, 1.82) is 0 Å². The average Bonchev–Trinajstić information content (AvgIpc) is 3.01. The van der Waals surface area contributed by atoms with Crippen molar-refractivity contribution in [2.24, 2.45) is 0 Å². The maximum absolute atomic E-state index is 12.4. The third-order valence-corrected chi connectivity index (χ3v) is 7.23. The Balaban J connectivity index is 1.42. The second kappa shape index (κ2) is 15.2. The van der Waals surface area contributed by atoms with Crippen molar-refractivity contribution >= 4 is 12.0 Å². The summed E-state index contributed by atoms with van der Waals surface area (Å²) in [4.78, 5) is 22.7. The van der Waals surface area contributed by atoms with Gasteiger partial charge >= 0.3 is 5.97 Å². The molecule has 248 valence electrons. The van der Waals surface area contributed by atoms with E-state index < -0.39 is 79.7 Å². The molecule has 2 aliphatic heterocycles. The molecular formula is C29H36O16. The van der Waals surface area contributed by atoms with Crippen LogP contribution < -0.4 is 0 Å². The molecule has 0 aliphatic carbocycles. The van der Waals surface area contributed by atoms with E-state index in [1.165, 1.54) is 49.4 Å². The molecule has 0 radical (unpaired) electrons. The van der Waals surface area contributed by atoms with Crippen LogP contribution in [-0.2, 0) is 39.9 Å². The topological polar surface area (TPSA) is 255 Å². The number of ether oxygens (including phenoxy) is 4. The number of benzene rings is 2. The normalized spacial score (nSPS) is 32.0. The van der Waals surface area contributed by atoms with Crippen molar-refractivity contribution < 1.29 is 79.5 Å². The van der Waals surface area contributed by atoms with Gasteiger partial charge in [-0.1, -0.05) is 12.1 Å². The van der Waals surface area contributed by atoms with Crippen molar-refractivity contribution in [3.8, 4) is 23.0 Å². The summed E-state index contributed by atoms with van der Waals surface area (Å²) in [5.41, 5.74) is 0.948. The summed E-state index contributed by atoms with van der Waals surface area (Å²) < 4.78 is 21.8. The Morgan fingerprint density at radius 2 is 1.47 bits per heavy atom. The van der Waals surface area contributed by atoms with E-state index in [0.717, 1.165) is 6.08 Å². The highest BCUT2D eigenvalue weighted by Gasteiger charge is 2.49. The molecule has 9 N–H and O–H groups in total. The van der Waals surface area contributed by atoms with Crippen LogP contribution >= 0.6 is 0 Å². The highest BCUT2D eigenvalue weighted by Crippen LogP contribution is 2.29. The lowest BCUT2D eigenvalue weighted by Gasteiger charge is -2.42. The predicted octanol–water partition coefficient (Wildman–Crippen LogP) is -1.08. The third-order valence-electron chi connectivity index (χ3n) is 7.23. The van der Waals surface area contributed by atoms with Gasteiger partial charge in [0.25, 0.3) is 0 Å². The van der Waals surface area contributed by atoms with E-state index >= 15 is 0 Å². The number of carbonyl (C=O) groups is 1. The van der Waals surface area contributed by atoms with Gasteiger partial charge in [0.15, 0.2) is 35.4 Å². The SMILES string of the molecule is C[C@@H]1O[C@@H](OO[C@@H]2[C@@H](O)[C@H](OCCc3ccc(O)c(O)c3)O[C@H](COC(=O)/C=C/c3ccc(O)c(O)c3)[C@H]2O)[C@H](O)[C@H](O)[C@H]1O. The Kier molecular flexibility index (Phi) is 11.6. The van der Waals surface area contributed by atoms with E-state index in [-0.39, 0.29) is 30.3 Å². The summed E-state index contributed by atoms with van der Waals surface area (Å²) >= 11 is 0. The van der Waals surface area contributed by atoms with Crippen LogP contribution in [0.4, 0.5) is 0 Å². The molecule has 0 aromatic heterocycles. The highest BCUT2D eigenvalue weighted by molar-refractivity contribution is 5.87. The minimum absolute atomic E-state index is 0.0869. The van der Waals surface area contributed by atoms with Crippen molar-refractivity contribution in [3.63, 3.8) is 0 Å². The molecule has 2 aliphatic rings. The van der Waals surface area contributed by atoms with Crippen LogP contribution in [0.15, 0.2) is 42.5 Å². The number of rotatable bonds is 11. The minimum atomic E-state index is -1.75. The van der Waals surface area contributed by atoms with E-state index in [4.69, 9.17) is 28.7 Å².